The second-order valence-corrected chi connectivity index (χ2v) is 2.16. The number of alkyl halides is 4. The summed E-state index contributed by atoms with van der Waals surface area (Å²) in [6.45, 7) is -0.212. The monoisotopic (exact) mass is 182 g/mol. The summed E-state index contributed by atoms with van der Waals surface area (Å²) >= 11 is 0. The Morgan fingerprint density at radius 3 is 2.33 bits per heavy atom. The molecule has 1 aliphatic rings. The predicted molar refractivity (Wildman–Crippen MR) is 34.1 cm³/mol. The lowest BCUT2D eigenvalue weighted by atomic mass is 10.2. The number of hydrogen-bond donors (Lipinski definition) is 0. The van der Waals surface area contributed by atoms with Crippen molar-refractivity contribution in [1.82, 2.24) is 0 Å². The van der Waals surface area contributed by atoms with E-state index >= 15 is 0 Å². The minimum Gasteiger partial charge on any atom is -0.488 e. The Morgan fingerprint density at radius 2 is 1.83 bits per heavy atom. The fourth-order valence-corrected chi connectivity index (χ4v) is 0.777. The van der Waals surface area contributed by atoms with Gasteiger partial charge in [-0.05, 0) is 12.2 Å². The number of ether oxygens (including phenoxy) is 1. The molecule has 12 heavy (non-hydrogen) atoms. The maximum atomic E-state index is 11.9. The van der Waals surface area contributed by atoms with Crippen LogP contribution < -0.4 is 0 Å². The Labute approximate surface area is 66.3 Å². The molecule has 0 aromatic carbocycles. The standard InChI is InChI=1S/C7H6F4O/c8-6(9)4-1-2-12-5(3-4)7(10)11/h1,3,6-7H,2H2. The van der Waals surface area contributed by atoms with Crippen LogP contribution in [-0.4, -0.2) is 19.5 Å². The zero-order chi connectivity index (χ0) is 9.14. The number of allylic oxidation sites excluding steroid dienone is 3. The normalized spacial score (nSPS) is 17.5. The smallest absolute Gasteiger partial charge is 0.294 e. The van der Waals surface area contributed by atoms with Gasteiger partial charge in [0, 0.05) is 5.57 Å². The molecule has 5 heteroatoms. The van der Waals surface area contributed by atoms with Crippen LogP contribution in [0.2, 0.25) is 0 Å². The van der Waals surface area contributed by atoms with Gasteiger partial charge in [-0.25, -0.2) is 17.6 Å². The van der Waals surface area contributed by atoms with Crippen molar-refractivity contribution in [2.75, 3.05) is 6.61 Å². The molecule has 0 amide bonds. The van der Waals surface area contributed by atoms with E-state index in [1.54, 1.807) is 0 Å². The maximum absolute atomic E-state index is 11.9. The van der Waals surface area contributed by atoms with Crippen LogP contribution in [0.25, 0.3) is 0 Å². The molecule has 0 aromatic rings. The molecule has 0 spiro atoms. The highest BCUT2D eigenvalue weighted by atomic mass is 19.3. The van der Waals surface area contributed by atoms with Gasteiger partial charge in [-0.3, -0.25) is 0 Å². The van der Waals surface area contributed by atoms with E-state index in [0.717, 1.165) is 6.08 Å². The lowest BCUT2D eigenvalue weighted by Crippen LogP contribution is -2.10. The van der Waals surface area contributed by atoms with Crippen molar-refractivity contribution in [3.63, 3.8) is 0 Å². The molecule has 0 unspecified atom stereocenters. The van der Waals surface area contributed by atoms with E-state index in [4.69, 9.17) is 0 Å². The van der Waals surface area contributed by atoms with Crippen molar-refractivity contribution >= 4 is 0 Å². The van der Waals surface area contributed by atoms with Crippen molar-refractivity contribution in [1.29, 1.82) is 0 Å². The number of rotatable bonds is 2. The third kappa shape index (κ3) is 1.99. The van der Waals surface area contributed by atoms with E-state index in [2.05, 4.69) is 4.74 Å². The Morgan fingerprint density at radius 1 is 1.17 bits per heavy atom. The van der Waals surface area contributed by atoms with Crippen LogP contribution in [0, 0.1) is 0 Å². The molecule has 0 atom stereocenters. The van der Waals surface area contributed by atoms with E-state index < -0.39 is 24.2 Å². The van der Waals surface area contributed by atoms with Crippen molar-refractivity contribution in [3.8, 4) is 0 Å². The predicted octanol–water partition coefficient (Wildman–Crippen LogP) is 2.36. The lowest BCUT2D eigenvalue weighted by molar-refractivity contribution is 0.0880. The summed E-state index contributed by atoms with van der Waals surface area (Å²) in [7, 11) is 0. The molecular formula is C7H6F4O. The third-order valence-electron chi connectivity index (χ3n) is 1.35. The molecule has 0 aliphatic carbocycles. The Hall–Kier alpha value is -1.00. The van der Waals surface area contributed by atoms with Crippen molar-refractivity contribution in [2.45, 2.75) is 12.9 Å². The first-order chi connectivity index (χ1) is 5.61. The Bertz CT molecular complexity index is 219. The molecule has 0 saturated carbocycles. The Kier molecular flexibility index (Phi) is 2.73. The molecule has 0 aromatic heterocycles. The largest absolute Gasteiger partial charge is 0.488 e. The summed E-state index contributed by atoms with van der Waals surface area (Å²) in [6, 6.07) is 0. The van der Waals surface area contributed by atoms with E-state index in [9.17, 15) is 17.6 Å². The molecule has 1 nitrogen and oxygen atoms in total. The van der Waals surface area contributed by atoms with Crippen LogP contribution in [-0.2, 0) is 4.74 Å². The maximum Gasteiger partial charge on any atom is 0.294 e. The molecule has 1 aliphatic heterocycles. The van der Waals surface area contributed by atoms with Crippen LogP contribution in [0.15, 0.2) is 23.5 Å². The first kappa shape index (κ1) is 9.09. The van der Waals surface area contributed by atoms with Gasteiger partial charge >= 0.3 is 0 Å². The van der Waals surface area contributed by atoms with E-state index in [1.165, 1.54) is 0 Å². The van der Waals surface area contributed by atoms with Crippen molar-refractivity contribution in [3.05, 3.63) is 23.5 Å². The Balaban J connectivity index is 2.74. The minimum absolute atomic E-state index is 0.212. The SMILES string of the molecule is FC(F)C1=CCOC(C(F)F)=C1. The summed E-state index contributed by atoms with van der Waals surface area (Å²) in [5, 5.41) is 0. The summed E-state index contributed by atoms with van der Waals surface area (Å²) in [6.07, 6.45) is -3.79. The molecule has 1 rings (SSSR count). The topological polar surface area (TPSA) is 9.23 Å². The van der Waals surface area contributed by atoms with Crippen LogP contribution >= 0.6 is 0 Å². The zero-order valence-corrected chi connectivity index (χ0v) is 5.94. The molecule has 0 bridgehead atoms. The van der Waals surface area contributed by atoms with Gasteiger partial charge in [0.2, 0.25) is 0 Å². The lowest BCUT2D eigenvalue weighted by Gasteiger charge is -2.13. The summed E-state index contributed by atoms with van der Waals surface area (Å²) in [5.41, 5.74) is -0.406. The molecule has 0 fully saturated rings. The second kappa shape index (κ2) is 3.60. The van der Waals surface area contributed by atoms with Crippen molar-refractivity contribution < 1.29 is 22.3 Å². The van der Waals surface area contributed by atoms with E-state index in [1.807, 2.05) is 0 Å². The highest BCUT2D eigenvalue weighted by Crippen LogP contribution is 2.21. The first-order valence-corrected chi connectivity index (χ1v) is 3.22. The van der Waals surface area contributed by atoms with Gasteiger partial charge in [0.1, 0.15) is 6.61 Å². The minimum atomic E-state index is -2.83. The fourth-order valence-electron chi connectivity index (χ4n) is 0.777. The van der Waals surface area contributed by atoms with Crippen LogP contribution in [0.5, 0.6) is 0 Å². The van der Waals surface area contributed by atoms with E-state index in [-0.39, 0.29) is 6.61 Å². The molecule has 0 radical (unpaired) electrons. The van der Waals surface area contributed by atoms with Crippen LogP contribution in [0.4, 0.5) is 17.6 Å². The molecule has 68 valence electrons. The second-order valence-electron chi connectivity index (χ2n) is 2.16. The zero-order valence-electron chi connectivity index (χ0n) is 5.94. The quantitative estimate of drug-likeness (QED) is 0.595. The molecule has 0 saturated heterocycles. The summed E-state index contributed by atoms with van der Waals surface area (Å²) in [4.78, 5) is 0. The van der Waals surface area contributed by atoms with Gasteiger partial charge in [-0.2, -0.15) is 0 Å². The summed E-state index contributed by atoms with van der Waals surface area (Å²) < 4.78 is 52.1. The highest BCUT2D eigenvalue weighted by Gasteiger charge is 2.19. The number of halogens is 4. The fraction of sp³-hybridized carbons (Fsp3) is 0.429. The van der Waals surface area contributed by atoms with Gasteiger partial charge in [-0.15, -0.1) is 0 Å². The van der Waals surface area contributed by atoms with Gasteiger partial charge in [0.25, 0.3) is 12.9 Å². The molecule has 0 N–H and O–H groups in total. The average Bonchev–Trinajstić information content (AvgIpc) is 2.04. The van der Waals surface area contributed by atoms with Gasteiger partial charge in [0.05, 0.1) is 0 Å². The average molecular weight is 182 g/mol. The van der Waals surface area contributed by atoms with Gasteiger partial charge in [-0.1, -0.05) is 0 Å². The first-order valence-electron chi connectivity index (χ1n) is 3.22. The van der Waals surface area contributed by atoms with Crippen LogP contribution in [0.3, 0.4) is 0 Å². The number of hydrogen-bond acceptors (Lipinski definition) is 1. The molecular weight excluding hydrogens is 176 g/mol. The van der Waals surface area contributed by atoms with Crippen LogP contribution in [0.1, 0.15) is 0 Å². The van der Waals surface area contributed by atoms with Gasteiger partial charge < -0.3 is 4.74 Å². The third-order valence-corrected chi connectivity index (χ3v) is 1.35. The van der Waals surface area contributed by atoms with Gasteiger partial charge in [0.15, 0.2) is 5.76 Å². The summed E-state index contributed by atoms with van der Waals surface area (Å²) in [5.74, 6) is -0.687. The van der Waals surface area contributed by atoms with Crippen molar-refractivity contribution in [2.24, 2.45) is 0 Å². The highest BCUT2D eigenvalue weighted by molar-refractivity contribution is 5.27. The van der Waals surface area contributed by atoms with E-state index in [0.29, 0.717) is 6.08 Å². The molecule has 1 heterocycles.